The van der Waals surface area contributed by atoms with E-state index in [9.17, 15) is 14.0 Å². The maximum atomic E-state index is 13.4. The largest absolute Gasteiger partial charge is 0.487 e. The fraction of sp³-hybridized carbons (Fsp3) is 0.143. The third kappa shape index (κ3) is 4.54. The van der Waals surface area contributed by atoms with E-state index in [2.05, 4.69) is 22.5 Å². The zero-order valence-corrected chi connectivity index (χ0v) is 17.5. The quantitative estimate of drug-likeness (QED) is 0.417. The fourth-order valence-electron chi connectivity index (χ4n) is 2.70. The summed E-state index contributed by atoms with van der Waals surface area (Å²) in [5, 5.41) is -0.295. The zero-order valence-electron chi connectivity index (χ0n) is 15.1. The van der Waals surface area contributed by atoms with Crippen LogP contribution >= 0.6 is 27.7 Å². The van der Waals surface area contributed by atoms with Crippen LogP contribution in [0.25, 0.3) is 6.08 Å². The highest BCUT2D eigenvalue weighted by molar-refractivity contribution is 9.10. The van der Waals surface area contributed by atoms with E-state index in [0.717, 1.165) is 33.4 Å². The zero-order chi connectivity index (χ0) is 20.3. The van der Waals surface area contributed by atoms with Gasteiger partial charge < -0.3 is 4.74 Å². The summed E-state index contributed by atoms with van der Waals surface area (Å²) in [6, 6.07) is 9.94. The number of hydrogen-bond acceptors (Lipinski definition) is 4. The highest BCUT2D eigenvalue weighted by Crippen LogP contribution is 2.35. The van der Waals surface area contributed by atoms with Crippen LogP contribution in [0.2, 0.25) is 0 Å². The maximum absolute atomic E-state index is 13.4. The monoisotopic (exact) mass is 461 g/mol. The van der Waals surface area contributed by atoms with E-state index in [1.54, 1.807) is 24.3 Å². The molecule has 0 unspecified atom stereocenters. The summed E-state index contributed by atoms with van der Waals surface area (Å²) in [7, 11) is 1.46. The number of allylic oxidation sites excluding steroid dienone is 1. The predicted molar refractivity (Wildman–Crippen MR) is 113 cm³/mol. The lowest BCUT2D eigenvalue weighted by Crippen LogP contribution is -2.22. The average Bonchev–Trinajstić information content (AvgIpc) is 2.88. The van der Waals surface area contributed by atoms with Crippen molar-refractivity contribution in [2.75, 3.05) is 7.05 Å². The summed E-state index contributed by atoms with van der Waals surface area (Å²) in [5.41, 5.74) is 2.35. The predicted octanol–water partition coefficient (Wildman–Crippen LogP) is 5.56. The van der Waals surface area contributed by atoms with Crippen molar-refractivity contribution in [1.29, 1.82) is 0 Å². The van der Waals surface area contributed by atoms with Gasteiger partial charge in [0.1, 0.15) is 18.2 Å². The van der Waals surface area contributed by atoms with Crippen LogP contribution in [-0.4, -0.2) is 23.1 Å². The molecular formula is C21H17BrFNO3S. The van der Waals surface area contributed by atoms with Crippen LogP contribution in [0, 0.1) is 5.82 Å². The summed E-state index contributed by atoms with van der Waals surface area (Å²) in [4.78, 5) is 25.2. The van der Waals surface area contributed by atoms with Gasteiger partial charge in [0, 0.05) is 7.05 Å². The topological polar surface area (TPSA) is 46.6 Å². The van der Waals surface area contributed by atoms with Crippen molar-refractivity contribution < 1.29 is 18.7 Å². The van der Waals surface area contributed by atoms with Gasteiger partial charge in [-0.15, -0.1) is 6.58 Å². The second-order valence-electron chi connectivity index (χ2n) is 6.14. The standard InChI is InChI=1S/C21H17BrFNO3S/c1-3-5-15-8-14(11-18-20(25)24(2)21(26)28-18)10-17(22)19(15)27-12-13-6-4-7-16(23)9-13/h3-4,6-11H,1,5,12H2,2H3. The van der Waals surface area contributed by atoms with Gasteiger partial charge >= 0.3 is 0 Å². The van der Waals surface area contributed by atoms with Gasteiger partial charge in [-0.3, -0.25) is 14.5 Å². The first-order valence-corrected chi connectivity index (χ1v) is 10.0. The Bertz CT molecular complexity index is 990. The van der Waals surface area contributed by atoms with Crippen molar-refractivity contribution in [3.63, 3.8) is 0 Å². The van der Waals surface area contributed by atoms with Crippen LogP contribution in [0.1, 0.15) is 16.7 Å². The van der Waals surface area contributed by atoms with E-state index >= 15 is 0 Å². The second-order valence-corrected chi connectivity index (χ2v) is 7.99. The molecule has 0 atom stereocenters. The number of nitrogens with zero attached hydrogens (tertiary/aromatic N) is 1. The van der Waals surface area contributed by atoms with Gasteiger partial charge in [0.15, 0.2) is 0 Å². The third-order valence-corrected chi connectivity index (χ3v) is 5.61. The molecule has 7 heteroatoms. The minimum atomic E-state index is -0.317. The molecule has 2 amide bonds. The van der Waals surface area contributed by atoms with Crippen molar-refractivity contribution in [2.45, 2.75) is 13.0 Å². The lowest BCUT2D eigenvalue weighted by atomic mass is 10.1. The molecule has 0 spiro atoms. The van der Waals surface area contributed by atoms with Crippen molar-refractivity contribution in [3.05, 3.63) is 80.9 Å². The minimum absolute atomic E-state index is 0.217. The molecule has 0 aliphatic carbocycles. The highest BCUT2D eigenvalue weighted by Gasteiger charge is 2.31. The smallest absolute Gasteiger partial charge is 0.293 e. The first kappa shape index (κ1) is 20.4. The van der Waals surface area contributed by atoms with Gasteiger partial charge in [-0.2, -0.15) is 0 Å². The number of hydrogen-bond donors (Lipinski definition) is 0. The molecule has 0 aromatic heterocycles. The number of imide groups is 1. The Morgan fingerprint density at radius 3 is 2.71 bits per heavy atom. The van der Waals surface area contributed by atoms with Crippen molar-refractivity contribution in [2.24, 2.45) is 0 Å². The Morgan fingerprint density at radius 2 is 2.07 bits per heavy atom. The summed E-state index contributed by atoms with van der Waals surface area (Å²) >= 11 is 4.42. The summed E-state index contributed by atoms with van der Waals surface area (Å²) in [6.45, 7) is 3.99. The Hall–Kier alpha value is -2.38. The number of likely N-dealkylation sites (N-methyl/N-ethyl adjacent to an activating group) is 1. The van der Waals surface area contributed by atoms with Gasteiger partial charge in [-0.25, -0.2) is 4.39 Å². The van der Waals surface area contributed by atoms with Crippen LogP contribution in [0.5, 0.6) is 5.75 Å². The second kappa shape index (κ2) is 8.75. The van der Waals surface area contributed by atoms with E-state index in [4.69, 9.17) is 4.74 Å². The summed E-state index contributed by atoms with van der Waals surface area (Å²) in [6.07, 6.45) is 3.98. The molecule has 0 bridgehead atoms. The van der Waals surface area contributed by atoms with Crippen molar-refractivity contribution in [1.82, 2.24) is 4.90 Å². The number of rotatable bonds is 6. The van der Waals surface area contributed by atoms with Crippen LogP contribution in [0.4, 0.5) is 9.18 Å². The van der Waals surface area contributed by atoms with E-state index in [0.29, 0.717) is 21.5 Å². The lowest BCUT2D eigenvalue weighted by molar-refractivity contribution is -0.121. The first-order valence-electron chi connectivity index (χ1n) is 8.41. The van der Waals surface area contributed by atoms with Crippen LogP contribution < -0.4 is 4.74 Å². The fourth-order valence-corrected chi connectivity index (χ4v) is 4.17. The molecule has 1 aliphatic rings. The van der Waals surface area contributed by atoms with Gasteiger partial charge in [0.25, 0.3) is 11.1 Å². The Balaban J connectivity index is 1.89. The van der Waals surface area contributed by atoms with Crippen LogP contribution in [-0.2, 0) is 17.8 Å². The number of carbonyl (C=O) groups is 2. The SMILES string of the molecule is C=CCc1cc(C=C2SC(=O)N(C)C2=O)cc(Br)c1OCc1cccc(F)c1. The number of carbonyl (C=O) groups excluding carboxylic acids is 2. The Morgan fingerprint density at radius 1 is 1.29 bits per heavy atom. The third-order valence-electron chi connectivity index (χ3n) is 4.06. The van der Waals surface area contributed by atoms with Crippen molar-refractivity contribution in [3.8, 4) is 5.75 Å². The van der Waals surface area contributed by atoms with E-state index in [-0.39, 0.29) is 23.6 Å². The molecule has 1 saturated heterocycles. The summed E-state index contributed by atoms with van der Waals surface area (Å²) in [5.74, 6) is -0.000527. The van der Waals surface area contributed by atoms with E-state index in [1.165, 1.54) is 19.2 Å². The van der Waals surface area contributed by atoms with Gasteiger partial charge in [0.2, 0.25) is 0 Å². The molecule has 0 radical (unpaired) electrons. The minimum Gasteiger partial charge on any atom is -0.487 e. The molecule has 1 fully saturated rings. The summed E-state index contributed by atoms with van der Waals surface area (Å²) < 4.78 is 20.0. The van der Waals surface area contributed by atoms with Crippen LogP contribution in [0.15, 0.2) is 58.4 Å². The van der Waals surface area contributed by atoms with E-state index < -0.39 is 0 Å². The number of thioether (sulfide) groups is 1. The highest BCUT2D eigenvalue weighted by atomic mass is 79.9. The Labute approximate surface area is 175 Å². The van der Waals surface area contributed by atoms with Gasteiger partial charge in [-0.1, -0.05) is 18.2 Å². The molecule has 2 aromatic carbocycles. The van der Waals surface area contributed by atoms with Crippen molar-refractivity contribution >= 4 is 44.9 Å². The molecule has 28 heavy (non-hydrogen) atoms. The average molecular weight is 462 g/mol. The molecule has 2 aromatic rings. The number of halogens is 2. The van der Waals surface area contributed by atoms with Gasteiger partial charge in [-0.05, 0) is 81.1 Å². The first-order chi connectivity index (χ1) is 13.4. The van der Waals surface area contributed by atoms with Crippen LogP contribution in [0.3, 0.4) is 0 Å². The molecule has 3 rings (SSSR count). The normalized spacial score (nSPS) is 15.4. The number of ether oxygens (including phenoxy) is 1. The van der Waals surface area contributed by atoms with Gasteiger partial charge in [0.05, 0.1) is 9.38 Å². The molecule has 1 aliphatic heterocycles. The number of benzene rings is 2. The molecule has 144 valence electrons. The molecular weight excluding hydrogens is 445 g/mol. The molecule has 0 saturated carbocycles. The Kier molecular flexibility index (Phi) is 6.36. The van der Waals surface area contributed by atoms with E-state index in [1.807, 2.05) is 12.1 Å². The lowest BCUT2D eigenvalue weighted by Gasteiger charge is -2.14. The molecule has 1 heterocycles. The molecule has 4 nitrogen and oxygen atoms in total. The number of amides is 2. The molecule has 0 N–H and O–H groups in total. The maximum Gasteiger partial charge on any atom is 0.293 e.